The number of fused-ring (bicyclic) bond motifs is 1. The predicted octanol–water partition coefficient (Wildman–Crippen LogP) is 3.31. The van der Waals surface area contributed by atoms with Crippen molar-refractivity contribution in [1.82, 2.24) is 9.97 Å². The van der Waals surface area contributed by atoms with Crippen molar-refractivity contribution >= 4 is 62.5 Å². The first-order valence-electron chi connectivity index (χ1n) is 8.61. The van der Waals surface area contributed by atoms with Gasteiger partial charge in [0.25, 0.3) is 5.91 Å². The van der Waals surface area contributed by atoms with E-state index in [0.29, 0.717) is 16.4 Å². The van der Waals surface area contributed by atoms with E-state index in [1.807, 2.05) is 11.4 Å². The van der Waals surface area contributed by atoms with E-state index in [1.54, 1.807) is 24.3 Å². The van der Waals surface area contributed by atoms with Gasteiger partial charge in [-0.25, -0.2) is 9.97 Å². The van der Waals surface area contributed by atoms with Crippen molar-refractivity contribution in [1.29, 1.82) is 0 Å². The molecule has 10 heteroatoms. The largest absolute Gasteiger partial charge is 0.452 e. The van der Waals surface area contributed by atoms with Crippen molar-refractivity contribution in [3.63, 3.8) is 0 Å². The third-order valence-electron chi connectivity index (χ3n) is 3.70. The molecule has 29 heavy (non-hydrogen) atoms. The highest BCUT2D eigenvalue weighted by molar-refractivity contribution is 8.00. The summed E-state index contributed by atoms with van der Waals surface area (Å²) >= 11 is 2.74. The van der Waals surface area contributed by atoms with Crippen molar-refractivity contribution in [3.8, 4) is 0 Å². The number of nitrogens with zero attached hydrogens (tertiary/aromatic N) is 2. The highest BCUT2D eigenvalue weighted by atomic mass is 32.2. The van der Waals surface area contributed by atoms with Gasteiger partial charge in [0.2, 0.25) is 5.91 Å². The number of thiophene rings is 1. The summed E-state index contributed by atoms with van der Waals surface area (Å²) in [6.07, 6.45) is 0.504. The second-order valence-corrected chi connectivity index (χ2v) is 7.85. The van der Waals surface area contributed by atoms with Crippen LogP contribution in [0.2, 0.25) is 0 Å². The second-order valence-electron chi connectivity index (χ2n) is 5.99. The van der Waals surface area contributed by atoms with Gasteiger partial charge in [-0.2, -0.15) is 0 Å². The number of hydrogen-bond acceptors (Lipinski definition) is 8. The van der Waals surface area contributed by atoms with Crippen LogP contribution in [0.5, 0.6) is 0 Å². The first-order valence-corrected chi connectivity index (χ1v) is 10.5. The third-order valence-corrected chi connectivity index (χ3v) is 5.50. The zero-order valence-electron chi connectivity index (χ0n) is 15.7. The van der Waals surface area contributed by atoms with Crippen LogP contribution in [-0.4, -0.2) is 39.6 Å². The monoisotopic (exact) mass is 430 g/mol. The fraction of sp³-hybridized carbons (Fsp3) is 0.211. The Morgan fingerprint density at radius 2 is 1.79 bits per heavy atom. The first kappa shape index (κ1) is 20.7. The lowest BCUT2D eigenvalue weighted by molar-refractivity contribution is -0.150. The van der Waals surface area contributed by atoms with Crippen LogP contribution in [0.3, 0.4) is 0 Å². The van der Waals surface area contributed by atoms with Crippen molar-refractivity contribution in [2.45, 2.75) is 25.0 Å². The van der Waals surface area contributed by atoms with Gasteiger partial charge in [0.1, 0.15) is 16.2 Å². The molecule has 0 saturated heterocycles. The van der Waals surface area contributed by atoms with Gasteiger partial charge in [0, 0.05) is 23.7 Å². The number of rotatable bonds is 7. The number of hydrogen-bond donors (Lipinski definition) is 2. The SMILES string of the molecule is CC(=O)Nc1ccc(NC(=O)C(C)OC(=O)CSc2ncnc3sccc23)cc1. The molecule has 0 fully saturated rings. The van der Waals surface area contributed by atoms with Crippen molar-refractivity contribution in [2.75, 3.05) is 16.4 Å². The fourth-order valence-electron chi connectivity index (χ4n) is 2.38. The number of carbonyl (C=O) groups excluding carboxylic acids is 3. The van der Waals surface area contributed by atoms with E-state index in [2.05, 4.69) is 20.6 Å². The predicted molar refractivity (Wildman–Crippen MR) is 113 cm³/mol. The molecule has 1 atom stereocenters. The van der Waals surface area contributed by atoms with Gasteiger partial charge in [0.05, 0.1) is 5.75 Å². The molecule has 1 unspecified atom stereocenters. The molecule has 2 heterocycles. The van der Waals surface area contributed by atoms with Gasteiger partial charge in [-0.3, -0.25) is 14.4 Å². The highest BCUT2D eigenvalue weighted by Gasteiger charge is 2.19. The number of carbonyl (C=O) groups is 3. The Kier molecular flexibility index (Phi) is 6.78. The van der Waals surface area contributed by atoms with Crippen LogP contribution in [0.1, 0.15) is 13.8 Å². The van der Waals surface area contributed by atoms with Gasteiger partial charge in [0.15, 0.2) is 6.10 Å². The lowest BCUT2D eigenvalue weighted by atomic mass is 10.2. The quantitative estimate of drug-likeness (QED) is 0.336. The topological polar surface area (TPSA) is 110 Å². The van der Waals surface area contributed by atoms with Gasteiger partial charge in [-0.15, -0.1) is 11.3 Å². The summed E-state index contributed by atoms with van der Waals surface area (Å²) < 4.78 is 5.21. The molecule has 0 radical (unpaired) electrons. The molecule has 150 valence electrons. The Hall–Kier alpha value is -2.98. The Bertz CT molecular complexity index is 1040. The summed E-state index contributed by atoms with van der Waals surface area (Å²) in [7, 11) is 0. The summed E-state index contributed by atoms with van der Waals surface area (Å²) in [6.45, 7) is 2.92. The van der Waals surface area contributed by atoms with E-state index in [4.69, 9.17) is 4.74 Å². The minimum absolute atomic E-state index is 0.0327. The van der Waals surface area contributed by atoms with Crippen LogP contribution in [0.15, 0.2) is 47.1 Å². The number of thioether (sulfide) groups is 1. The Morgan fingerprint density at radius 1 is 1.10 bits per heavy atom. The lowest BCUT2D eigenvalue weighted by Gasteiger charge is -2.13. The van der Waals surface area contributed by atoms with E-state index >= 15 is 0 Å². The van der Waals surface area contributed by atoms with Crippen LogP contribution in [-0.2, 0) is 19.1 Å². The van der Waals surface area contributed by atoms with E-state index < -0.39 is 18.0 Å². The standard InChI is InChI=1S/C19H18N4O4S2/c1-11(17(26)23-14-5-3-13(4-6-14)22-12(2)24)27-16(25)9-29-19-15-7-8-28-18(15)20-10-21-19/h3-8,10-11H,9H2,1-2H3,(H,22,24)(H,23,26). The molecular weight excluding hydrogens is 412 g/mol. The van der Waals surface area contributed by atoms with E-state index in [9.17, 15) is 14.4 Å². The maximum atomic E-state index is 12.2. The third kappa shape index (κ3) is 5.75. The number of nitrogens with one attached hydrogen (secondary N) is 2. The average Bonchev–Trinajstić information content (AvgIpc) is 3.16. The number of ether oxygens (including phenoxy) is 1. The molecule has 1 aromatic carbocycles. The molecule has 0 aliphatic rings. The molecule has 0 spiro atoms. The van der Waals surface area contributed by atoms with Crippen LogP contribution >= 0.6 is 23.1 Å². The molecule has 8 nitrogen and oxygen atoms in total. The smallest absolute Gasteiger partial charge is 0.317 e. The second kappa shape index (κ2) is 9.48. The molecule has 3 aromatic rings. The van der Waals surface area contributed by atoms with Crippen molar-refractivity contribution < 1.29 is 19.1 Å². The molecule has 0 saturated carbocycles. The fourth-order valence-corrected chi connectivity index (χ4v) is 3.94. The molecule has 2 aromatic heterocycles. The molecule has 0 aliphatic heterocycles. The highest BCUT2D eigenvalue weighted by Crippen LogP contribution is 2.27. The number of amides is 2. The molecule has 2 amide bonds. The Balaban J connectivity index is 1.49. The number of aromatic nitrogens is 2. The summed E-state index contributed by atoms with van der Waals surface area (Å²) in [5, 5.41) is 8.81. The van der Waals surface area contributed by atoms with Gasteiger partial charge in [-0.1, -0.05) is 11.8 Å². The summed E-state index contributed by atoms with van der Waals surface area (Å²) in [5.74, 6) is -1.11. The minimum atomic E-state index is -0.954. The lowest BCUT2D eigenvalue weighted by Crippen LogP contribution is -2.30. The number of benzene rings is 1. The van der Waals surface area contributed by atoms with Crippen LogP contribution in [0.25, 0.3) is 10.2 Å². The Morgan fingerprint density at radius 3 is 2.48 bits per heavy atom. The van der Waals surface area contributed by atoms with E-state index in [0.717, 1.165) is 10.2 Å². The molecular formula is C19H18N4O4S2. The average molecular weight is 431 g/mol. The first-order chi connectivity index (χ1) is 13.9. The van der Waals surface area contributed by atoms with Crippen molar-refractivity contribution in [3.05, 3.63) is 42.0 Å². The zero-order valence-corrected chi connectivity index (χ0v) is 17.3. The molecule has 0 aliphatic carbocycles. The summed E-state index contributed by atoms with van der Waals surface area (Å²) in [6, 6.07) is 8.53. The van der Waals surface area contributed by atoms with Crippen LogP contribution in [0, 0.1) is 0 Å². The molecule has 2 N–H and O–H groups in total. The van der Waals surface area contributed by atoms with E-state index in [1.165, 1.54) is 43.3 Å². The number of esters is 1. The Labute approximate surface area is 175 Å². The van der Waals surface area contributed by atoms with Crippen LogP contribution in [0.4, 0.5) is 11.4 Å². The number of anilines is 2. The summed E-state index contributed by atoms with van der Waals surface area (Å²) in [5.41, 5.74) is 1.15. The molecule has 0 bridgehead atoms. The van der Waals surface area contributed by atoms with Crippen molar-refractivity contribution in [2.24, 2.45) is 0 Å². The van der Waals surface area contributed by atoms with Crippen LogP contribution < -0.4 is 10.6 Å². The van der Waals surface area contributed by atoms with Gasteiger partial charge in [-0.05, 0) is 42.6 Å². The van der Waals surface area contributed by atoms with E-state index in [-0.39, 0.29) is 11.7 Å². The maximum Gasteiger partial charge on any atom is 0.317 e. The summed E-state index contributed by atoms with van der Waals surface area (Å²) in [4.78, 5) is 44.6. The normalized spacial score (nSPS) is 11.7. The van der Waals surface area contributed by atoms with Gasteiger partial charge >= 0.3 is 5.97 Å². The minimum Gasteiger partial charge on any atom is -0.452 e. The van der Waals surface area contributed by atoms with Gasteiger partial charge < -0.3 is 15.4 Å². The maximum absolute atomic E-state index is 12.2. The zero-order chi connectivity index (χ0) is 20.8. The molecule has 3 rings (SSSR count).